The van der Waals surface area contributed by atoms with Gasteiger partial charge in [-0.05, 0) is 17.7 Å². The third-order valence-electron chi connectivity index (χ3n) is 2.29. The van der Waals surface area contributed by atoms with E-state index in [4.69, 9.17) is 21.1 Å². The van der Waals surface area contributed by atoms with Crippen molar-refractivity contribution in [2.24, 2.45) is 0 Å². The smallest absolute Gasteiger partial charge is 0.218 e. The molecule has 2 rings (SSSR count). The number of benzene rings is 1. The maximum absolute atomic E-state index is 5.90. The topological polar surface area (TPSA) is 44.2 Å². The van der Waals surface area contributed by atoms with Gasteiger partial charge < -0.3 is 9.47 Å². The Balaban J connectivity index is 2.04. The van der Waals surface area contributed by atoms with Gasteiger partial charge in [0.15, 0.2) is 5.82 Å². The average molecular weight is 344 g/mol. The van der Waals surface area contributed by atoms with Crippen LogP contribution in [-0.4, -0.2) is 17.1 Å². The van der Waals surface area contributed by atoms with E-state index in [2.05, 4.69) is 25.9 Å². The highest BCUT2D eigenvalue weighted by molar-refractivity contribution is 9.10. The third-order valence-corrected chi connectivity index (χ3v) is 3.01. The fraction of sp³-hybridized carbons (Fsp3) is 0.231. The Labute approximate surface area is 124 Å². The molecule has 0 saturated heterocycles. The number of nitrogens with zero attached hydrogens (tertiary/aromatic N) is 2. The summed E-state index contributed by atoms with van der Waals surface area (Å²) in [6.45, 7) is 0.724. The molecule has 1 aromatic carbocycles. The van der Waals surface area contributed by atoms with Gasteiger partial charge in [0.1, 0.15) is 18.4 Å². The molecule has 0 saturated carbocycles. The second-order valence-corrected chi connectivity index (χ2v) is 5.10. The first kappa shape index (κ1) is 14.2. The highest BCUT2D eigenvalue weighted by atomic mass is 79.9. The summed E-state index contributed by atoms with van der Waals surface area (Å²) in [4.78, 5) is 8.24. The summed E-state index contributed by atoms with van der Waals surface area (Å²) in [5.41, 5.74) is 1.05. The number of rotatable bonds is 5. The molecule has 19 heavy (non-hydrogen) atoms. The van der Waals surface area contributed by atoms with E-state index in [1.165, 1.54) is 0 Å². The van der Waals surface area contributed by atoms with E-state index in [1.807, 2.05) is 24.3 Å². The molecule has 1 aromatic heterocycles. The average Bonchev–Trinajstić information content (AvgIpc) is 2.38. The Morgan fingerprint density at radius 1 is 1.16 bits per heavy atom. The second-order valence-electron chi connectivity index (χ2n) is 3.79. The van der Waals surface area contributed by atoms with Crippen LogP contribution in [0.5, 0.6) is 5.88 Å². The van der Waals surface area contributed by atoms with Crippen LogP contribution in [0.2, 0.25) is 5.15 Å². The Morgan fingerprint density at radius 3 is 2.58 bits per heavy atom. The molecule has 0 fully saturated rings. The number of halogens is 2. The fourth-order valence-corrected chi connectivity index (χ4v) is 1.90. The molecule has 0 aliphatic heterocycles. The van der Waals surface area contributed by atoms with Crippen LogP contribution in [0.3, 0.4) is 0 Å². The highest BCUT2D eigenvalue weighted by Crippen LogP contribution is 2.16. The molecule has 1 heterocycles. The molecule has 0 bridgehead atoms. The van der Waals surface area contributed by atoms with Crippen molar-refractivity contribution >= 4 is 27.5 Å². The van der Waals surface area contributed by atoms with Crippen molar-refractivity contribution in [1.82, 2.24) is 9.97 Å². The molecule has 0 N–H and O–H groups in total. The van der Waals surface area contributed by atoms with Gasteiger partial charge >= 0.3 is 0 Å². The van der Waals surface area contributed by atoms with Crippen LogP contribution in [0.4, 0.5) is 0 Å². The summed E-state index contributed by atoms with van der Waals surface area (Å²) < 4.78 is 11.6. The molecule has 6 heteroatoms. The number of hydrogen-bond donors (Lipinski definition) is 0. The lowest BCUT2D eigenvalue weighted by molar-refractivity contribution is 0.176. The number of ether oxygens (including phenoxy) is 2. The first-order chi connectivity index (χ1) is 9.17. The van der Waals surface area contributed by atoms with E-state index in [0.29, 0.717) is 30.1 Å². The van der Waals surface area contributed by atoms with Crippen molar-refractivity contribution in [3.63, 3.8) is 0 Å². The van der Waals surface area contributed by atoms with Crippen LogP contribution in [0.15, 0.2) is 34.8 Å². The SMILES string of the molecule is COCc1nc(Cl)cc(OCc2ccc(Br)cc2)n1. The fourth-order valence-electron chi connectivity index (χ4n) is 1.45. The standard InChI is InChI=1S/C13H12BrClN2O2/c1-18-8-12-16-11(15)6-13(17-12)19-7-9-2-4-10(14)5-3-9/h2-6H,7-8H2,1H3. The Bertz CT molecular complexity index is 549. The van der Waals surface area contributed by atoms with E-state index in [1.54, 1.807) is 13.2 Å². The van der Waals surface area contributed by atoms with E-state index < -0.39 is 0 Å². The van der Waals surface area contributed by atoms with Crippen LogP contribution in [0.1, 0.15) is 11.4 Å². The maximum Gasteiger partial charge on any atom is 0.218 e. The van der Waals surface area contributed by atoms with E-state index in [0.717, 1.165) is 10.0 Å². The van der Waals surface area contributed by atoms with Crippen LogP contribution >= 0.6 is 27.5 Å². The molecule has 2 aromatic rings. The summed E-state index contributed by atoms with van der Waals surface area (Å²) in [6, 6.07) is 9.45. The van der Waals surface area contributed by atoms with Crippen molar-refractivity contribution in [2.45, 2.75) is 13.2 Å². The van der Waals surface area contributed by atoms with Crippen molar-refractivity contribution < 1.29 is 9.47 Å². The maximum atomic E-state index is 5.90. The van der Waals surface area contributed by atoms with Crippen LogP contribution in [0.25, 0.3) is 0 Å². The van der Waals surface area contributed by atoms with Gasteiger partial charge in [0.25, 0.3) is 0 Å². The summed E-state index contributed by atoms with van der Waals surface area (Å²) in [5.74, 6) is 0.941. The Hall–Kier alpha value is -1.17. The third kappa shape index (κ3) is 4.45. The quantitative estimate of drug-likeness (QED) is 0.778. The predicted octanol–water partition coefficient (Wildman–Crippen LogP) is 3.62. The first-order valence-electron chi connectivity index (χ1n) is 5.57. The highest BCUT2D eigenvalue weighted by Gasteiger charge is 2.04. The number of aromatic nitrogens is 2. The minimum atomic E-state index is 0.301. The molecule has 0 spiro atoms. The lowest BCUT2D eigenvalue weighted by Crippen LogP contribution is -2.02. The van der Waals surface area contributed by atoms with Crippen molar-refractivity contribution in [1.29, 1.82) is 0 Å². The van der Waals surface area contributed by atoms with Gasteiger partial charge in [0.2, 0.25) is 5.88 Å². The lowest BCUT2D eigenvalue weighted by Gasteiger charge is -2.07. The van der Waals surface area contributed by atoms with Gasteiger partial charge in [-0.3, -0.25) is 0 Å². The zero-order valence-corrected chi connectivity index (χ0v) is 12.6. The summed E-state index contributed by atoms with van der Waals surface area (Å²) >= 11 is 9.28. The van der Waals surface area contributed by atoms with Crippen molar-refractivity contribution in [3.05, 3.63) is 51.3 Å². The molecule has 0 amide bonds. The van der Waals surface area contributed by atoms with E-state index in [9.17, 15) is 0 Å². The molecular formula is C13H12BrClN2O2. The number of hydrogen-bond acceptors (Lipinski definition) is 4. The Morgan fingerprint density at radius 2 is 1.89 bits per heavy atom. The molecule has 0 aliphatic carbocycles. The minimum Gasteiger partial charge on any atom is -0.473 e. The predicted molar refractivity (Wildman–Crippen MR) is 76.2 cm³/mol. The zero-order chi connectivity index (χ0) is 13.7. The van der Waals surface area contributed by atoms with Gasteiger partial charge in [-0.15, -0.1) is 0 Å². The minimum absolute atomic E-state index is 0.301. The summed E-state index contributed by atoms with van der Waals surface area (Å²) in [6.07, 6.45) is 0. The second kappa shape index (κ2) is 6.84. The molecule has 4 nitrogen and oxygen atoms in total. The van der Waals surface area contributed by atoms with Crippen LogP contribution in [0, 0.1) is 0 Å². The first-order valence-corrected chi connectivity index (χ1v) is 6.74. The van der Waals surface area contributed by atoms with Crippen molar-refractivity contribution in [3.8, 4) is 5.88 Å². The summed E-state index contributed by atoms with van der Waals surface area (Å²) in [7, 11) is 1.58. The monoisotopic (exact) mass is 342 g/mol. The normalized spacial score (nSPS) is 10.5. The largest absolute Gasteiger partial charge is 0.473 e. The van der Waals surface area contributed by atoms with E-state index in [-0.39, 0.29) is 0 Å². The lowest BCUT2D eigenvalue weighted by atomic mass is 10.2. The summed E-state index contributed by atoms with van der Waals surface area (Å²) in [5, 5.41) is 0.341. The van der Waals surface area contributed by atoms with Gasteiger partial charge in [0, 0.05) is 17.6 Å². The van der Waals surface area contributed by atoms with Gasteiger partial charge in [-0.1, -0.05) is 39.7 Å². The number of methoxy groups -OCH3 is 1. The molecule has 0 aliphatic rings. The zero-order valence-electron chi connectivity index (χ0n) is 10.3. The molecule has 0 radical (unpaired) electrons. The van der Waals surface area contributed by atoms with E-state index >= 15 is 0 Å². The van der Waals surface area contributed by atoms with Gasteiger partial charge in [-0.25, -0.2) is 4.98 Å². The van der Waals surface area contributed by atoms with Crippen LogP contribution < -0.4 is 4.74 Å². The van der Waals surface area contributed by atoms with Crippen molar-refractivity contribution in [2.75, 3.05) is 7.11 Å². The molecule has 0 unspecified atom stereocenters. The van der Waals surface area contributed by atoms with Gasteiger partial charge in [0.05, 0.1) is 0 Å². The van der Waals surface area contributed by atoms with Gasteiger partial charge in [-0.2, -0.15) is 4.98 Å². The molecule has 100 valence electrons. The van der Waals surface area contributed by atoms with Crippen LogP contribution in [-0.2, 0) is 18.0 Å². The molecular weight excluding hydrogens is 332 g/mol. The molecule has 0 atom stereocenters. The Kier molecular flexibility index (Phi) is 5.13.